The maximum atomic E-state index is 6.11. The van der Waals surface area contributed by atoms with Gasteiger partial charge in [-0.2, -0.15) is 0 Å². The Morgan fingerprint density at radius 3 is 1.94 bits per heavy atom. The lowest BCUT2D eigenvalue weighted by Gasteiger charge is -2.20. The van der Waals surface area contributed by atoms with Crippen LogP contribution in [-0.4, -0.2) is 6.04 Å². The van der Waals surface area contributed by atoms with Crippen LogP contribution in [0, 0.1) is 0 Å². The normalized spacial score (nSPS) is 18.3. The number of rotatable bonds is 3. The molecule has 0 aliphatic heterocycles. The van der Waals surface area contributed by atoms with E-state index in [1.165, 1.54) is 29.5 Å². The van der Waals surface area contributed by atoms with Crippen LogP contribution in [0.25, 0.3) is 11.1 Å². The van der Waals surface area contributed by atoms with Crippen LogP contribution in [-0.2, 0) is 5.41 Å². The third-order valence-electron chi connectivity index (χ3n) is 4.23. The topological polar surface area (TPSA) is 26.0 Å². The van der Waals surface area contributed by atoms with Crippen molar-refractivity contribution < 1.29 is 0 Å². The summed E-state index contributed by atoms with van der Waals surface area (Å²) in [5.41, 5.74) is 10.3. The number of nitrogens with two attached hydrogens (primary N) is 1. The van der Waals surface area contributed by atoms with Crippen LogP contribution in [0.1, 0.15) is 25.3 Å². The lowest BCUT2D eigenvalue weighted by atomic mass is 9.88. The molecule has 1 saturated carbocycles. The minimum Gasteiger partial charge on any atom is -0.327 e. The van der Waals surface area contributed by atoms with Gasteiger partial charge in [-0.3, -0.25) is 0 Å². The first-order valence-electron chi connectivity index (χ1n) is 6.64. The first-order valence-corrected chi connectivity index (χ1v) is 6.64. The third kappa shape index (κ3) is 1.85. The van der Waals surface area contributed by atoms with E-state index in [1.54, 1.807) is 0 Å². The molecule has 1 heteroatoms. The molecule has 2 aromatic rings. The summed E-state index contributed by atoms with van der Waals surface area (Å²) in [6.45, 7) is 2.12. The summed E-state index contributed by atoms with van der Waals surface area (Å²) < 4.78 is 0. The molecule has 0 amide bonds. The Bertz CT molecular complexity index is 521. The maximum Gasteiger partial charge on any atom is 0.0108 e. The van der Waals surface area contributed by atoms with Crippen LogP contribution < -0.4 is 5.73 Å². The fourth-order valence-corrected chi connectivity index (χ4v) is 2.77. The predicted octanol–water partition coefficient (Wildman–Crippen LogP) is 3.73. The zero-order valence-electron chi connectivity index (χ0n) is 10.8. The van der Waals surface area contributed by atoms with E-state index < -0.39 is 0 Å². The van der Waals surface area contributed by atoms with E-state index in [1.807, 2.05) is 6.07 Å². The largest absolute Gasteiger partial charge is 0.327 e. The Labute approximate surface area is 109 Å². The summed E-state index contributed by atoms with van der Waals surface area (Å²) in [6, 6.07) is 19.7. The Morgan fingerprint density at radius 1 is 0.889 bits per heavy atom. The summed E-state index contributed by atoms with van der Waals surface area (Å²) in [6.07, 6.45) is 2.46. The minimum absolute atomic E-state index is 0.250. The summed E-state index contributed by atoms with van der Waals surface area (Å²) in [7, 11) is 0. The van der Waals surface area contributed by atoms with Crippen LogP contribution in [0.5, 0.6) is 0 Å². The predicted molar refractivity (Wildman–Crippen MR) is 76.4 cm³/mol. The molecule has 0 saturated heterocycles. The second-order valence-electron chi connectivity index (χ2n) is 5.39. The smallest absolute Gasteiger partial charge is 0.0108 e. The summed E-state index contributed by atoms with van der Waals surface area (Å²) in [4.78, 5) is 0. The number of hydrogen-bond acceptors (Lipinski definition) is 1. The van der Waals surface area contributed by atoms with Crippen LogP contribution in [0.3, 0.4) is 0 Å². The Balaban J connectivity index is 1.91. The van der Waals surface area contributed by atoms with Gasteiger partial charge >= 0.3 is 0 Å². The molecule has 1 unspecified atom stereocenters. The first kappa shape index (κ1) is 11.5. The first-order chi connectivity index (χ1) is 8.72. The highest BCUT2D eigenvalue weighted by molar-refractivity contribution is 5.63. The quantitative estimate of drug-likeness (QED) is 0.864. The average Bonchev–Trinajstić information content (AvgIpc) is 3.22. The van der Waals surface area contributed by atoms with Crippen molar-refractivity contribution in [3.05, 3.63) is 60.2 Å². The van der Waals surface area contributed by atoms with Crippen molar-refractivity contribution in [2.45, 2.75) is 31.2 Å². The summed E-state index contributed by atoms with van der Waals surface area (Å²) >= 11 is 0. The van der Waals surface area contributed by atoms with Crippen molar-refractivity contribution >= 4 is 0 Å². The van der Waals surface area contributed by atoms with Crippen molar-refractivity contribution in [2.75, 3.05) is 0 Å². The lowest BCUT2D eigenvalue weighted by Crippen LogP contribution is -2.31. The standard InChI is InChI=1S/C17H19N/c1-13(18)17(11-12-17)16-9-7-15(8-10-16)14-5-3-2-4-6-14/h2-10,13H,11-12,18H2,1H3. The fraction of sp³-hybridized carbons (Fsp3) is 0.294. The Kier molecular flexibility index (Phi) is 2.71. The van der Waals surface area contributed by atoms with Crippen molar-refractivity contribution in [1.82, 2.24) is 0 Å². The molecule has 1 aliphatic carbocycles. The second-order valence-corrected chi connectivity index (χ2v) is 5.39. The summed E-state index contributed by atoms with van der Waals surface area (Å²) in [5, 5.41) is 0. The Hall–Kier alpha value is -1.60. The average molecular weight is 237 g/mol. The van der Waals surface area contributed by atoms with Crippen LogP contribution in [0.2, 0.25) is 0 Å². The van der Waals surface area contributed by atoms with Crippen molar-refractivity contribution in [3.63, 3.8) is 0 Å². The van der Waals surface area contributed by atoms with E-state index in [2.05, 4.69) is 55.5 Å². The molecule has 0 radical (unpaired) electrons. The zero-order valence-corrected chi connectivity index (χ0v) is 10.8. The van der Waals surface area contributed by atoms with E-state index in [4.69, 9.17) is 5.73 Å². The molecule has 1 nitrogen and oxygen atoms in total. The van der Waals surface area contributed by atoms with Crippen molar-refractivity contribution in [3.8, 4) is 11.1 Å². The highest BCUT2D eigenvalue weighted by Gasteiger charge is 2.47. The highest BCUT2D eigenvalue weighted by Crippen LogP contribution is 2.50. The molecule has 0 bridgehead atoms. The van der Waals surface area contributed by atoms with E-state index in [-0.39, 0.29) is 11.5 Å². The molecule has 1 aliphatic rings. The van der Waals surface area contributed by atoms with Gasteiger partial charge in [0.2, 0.25) is 0 Å². The third-order valence-corrected chi connectivity index (χ3v) is 4.23. The maximum absolute atomic E-state index is 6.11. The van der Waals surface area contributed by atoms with Gasteiger partial charge in [0.05, 0.1) is 0 Å². The van der Waals surface area contributed by atoms with E-state index in [0.717, 1.165) is 0 Å². The van der Waals surface area contributed by atoms with Gasteiger partial charge in [0.25, 0.3) is 0 Å². The molecule has 2 aromatic carbocycles. The number of benzene rings is 2. The molecular weight excluding hydrogens is 218 g/mol. The molecule has 92 valence electrons. The molecular formula is C17H19N. The van der Waals surface area contributed by atoms with Crippen LogP contribution in [0.15, 0.2) is 54.6 Å². The van der Waals surface area contributed by atoms with Gasteiger partial charge in [-0.05, 0) is 36.5 Å². The number of hydrogen-bond donors (Lipinski definition) is 1. The molecule has 3 rings (SSSR count). The van der Waals surface area contributed by atoms with Gasteiger partial charge in [0.15, 0.2) is 0 Å². The van der Waals surface area contributed by atoms with Gasteiger partial charge in [0.1, 0.15) is 0 Å². The molecule has 1 atom stereocenters. The van der Waals surface area contributed by atoms with Crippen molar-refractivity contribution in [1.29, 1.82) is 0 Å². The zero-order chi connectivity index (χ0) is 12.6. The SMILES string of the molecule is CC(N)C1(c2ccc(-c3ccccc3)cc2)CC1. The summed E-state index contributed by atoms with van der Waals surface area (Å²) in [5.74, 6) is 0. The van der Waals surface area contributed by atoms with Gasteiger partial charge < -0.3 is 5.73 Å². The van der Waals surface area contributed by atoms with Crippen molar-refractivity contribution in [2.24, 2.45) is 5.73 Å². The molecule has 18 heavy (non-hydrogen) atoms. The van der Waals surface area contributed by atoms with Crippen LogP contribution >= 0.6 is 0 Å². The second kappa shape index (κ2) is 4.25. The van der Waals surface area contributed by atoms with E-state index in [9.17, 15) is 0 Å². The van der Waals surface area contributed by atoms with Gasteiger partial charge in [-0.25, -0.2) is 0 Å². The molecule has 2 N–H and O–H groups in total. The van der Waals surface area contributed by atoms with Crippen LogP contribution in [0.4, 0.5) is 0 Å². The lowest BCUT2D eigenvalue weighted by molar-refractivity contribution is 0.557. The molecule has 1 fully saturated rings. The van der Waals surface area contributed by atoms with Gasteiger partial charge in [0, 0.05) is 11.5 Å². The molecule has 0 spiro atoms. The van der Waals surface area contributed by atoms with Gasteiger partial charge in [-0.15, -0.1) is 0 Å². The highest BCUT2D eigenvalue weighted by atomic mass is 14.7. The minimum atomic E-state index is 0.250. The molecule has 0 heterocycles. The van der Waals surface area contributed by atoms with E-state index >= 15 is 0 Å². The van der Waals surface area contributed by atoms with Gasteiger partial charge in [-0.1, -0.05) is 54.6 Å². The van der Waals surface area contributed by atoms with E-state index in [0.29, 0.717) is 0 Å². The molecule has 0 aromatic heterocycles. The monoisotopic (exact) mass is 237 g/mol. The Morgan fingerprint density at radius 2 is 1.44 bits per heavy atom. The fourth-order valence-electron chi connectivity index (χ4n) is 2.77.